The molecule has 7 heteroatoms. The van der Waals surface area contributed by atoms with E-state index in [0.29, 0.717) is 10.3 Å². The minimum atomic E-state index is -0.877. The van der Waals surface area contributed by atoms with Gasteiger partial charge in [0.1, 0.15) is 12.4 Å². The molecule has 0 saturated heterocycles. The monoisotopic (exact) mass is 309 g/mol. The highest BCUT2D eigenvalue weighted by atomic mass is 35.5. The number of thiazole rings is 1. The zero-order valence-corrected chi connectivity index (χ0v) is 12.1. The van der Waals surface area contributed by atoms with Crippen molar-refractivity contribution in [2.24, 2.45) is 0 Å². The van der Waals surface area contributed by atoms with Crippen molar-refractivity contribution in [3.05, 3.63) is 39.9 Å². The molecule has 1 saturated carbocycles. The van der Waals surface area contributed by atoms with E-state index in [2.05, 4.69) is 9.97 Å². The fourth-order valence-electron chi connectivity index (χ4n) is 2.34. The number of carboxylic acids is 1. The molecule has 0 unspecified atom stereocenters. The Bertz CT molecular complexity index is 628. The van der Waals surface area contributed by atoms with Crippen LogP contribution >= 0.6 is 22.9 Å². The average molecular weight is 310 g/mol. The normalized spacial score (nSPS) is 15.8. The van der Waals surface area contributed by atoms with Crippen LogP contribution in [-0.4, -0.2) is 27.6 Å². The first kappa shape index (κ1) is 13.3. The van der Waals surface area contributed by atoms with E-state index in [1.54, 1.807) is 12.4 Å². The highest BCUT2D eigenvalue weighted by Gasteiger charge is 2.52. The highest BCUT2D eigenvalue weighted by molar-refractivity contribution is 7.15. The molecule has 0 amide bonds. The largest absolute Gasteiger partial charge is 0.480 e. The molecule has 104 valence electrons. The second-order valence-corrected chi connectivity index (χ2v) is 6.29. The molecule has 1 N–H and O–H groups in total. The van der Waals surface area contributed by atoms with Crippen LogP contribution in [-0.2, 0) is 10.3 Å². The van der Waals surface area contributed by atoms with Crippen LogP contribution in [0.2, 0.25) is 4.47 Å². The Hall–Kier alpha value is -1.66. The van der Waals surface area contributed by atoms with Crippen molar-refractivity contribution in [1.82, 2.24) is 9.97 Å². The smallest absolute Gasteiger partial charge is 0.323 e. The first-order chi connectivity index (χ1) is 9.62. The molecule has 0 atom stereocenters. The molecule has 2 aromatic heterocycles. The van der Waals surface area contributed by atoms with Crippen LogP contribution in [0.3, 0.4) is 0 Å². The molecule has 20 heavy (non-hydrogen) atoms. The van der Waals surface area contributed by atoms with Gasteiger partial charge in [0.25, 0.3) is 0 Å². The molecule has 1 aliphatic rings. The van der Waals surface area contributed by atoms with E-state index in [9.17, 15) is 9.90 Å². The predicted octanol–water partition coefficient (Wildman–Crippen LogP) is 2.77. The molecule has 0 aliphatic heterocycles. The van der Waals surface area contributed by atoms with E-state index in [-0.39, 0.29) is 12.1 Å². The SMILES string of the molecule is O=C(O)CN(c1ccccn1)C1(c2cnc(Cl)s2)CC1. The van der Waals surface area contributed by atoms with Gasteiger partial charge >= 0.3 is 5.97 Å². The van der Waals surface area contributed by atoms with Gasteiger partial charge in [-0.25, -0.2) is 9.97 Å². The fraction of sp³-hybridized carbons (Fsp3) is 0.308. The van der Waals surface area contributed by atoms with Gasteiger partial charge < -0.3 is 10.0 Å². The molecule has 0 spiro atoms. The summed E-state index contributed by atoms with van der Waals surface area (Å²) in [6, 6.07) is 5.49. The Balaban J connectivity index is 1.99. The van der Waals surface area contributed by atoms with Gasteiger partial charge in [0.05, 0.1) is 10.4 Å². The summed E-state index contributed by atoms with van der Waals surface area (Å²) in [6.07, 6.45) is 5.17. The second kappa shape index (κ2) is 5.03. The Morgan fingerprint density at radius 1 is 1.45 bits per heavy atom. The van der Waals surface area contributed by atoms with Crippen molar-refractivity contribution in [2.45, 2.75) is 18.4 Å². The molecule has 1 aliphatic carbocycles. The first-order valence-corrected chi connectivity index (χ1v) is 7.33. The molecule has 3 rings (SSSR count). The van der Waals surface area contributed by atoms with Gasteiger partial charge in [0.2, 0.25) is 0 Å². The lowest BCUT2D eigenvalue weighted by Gasteiger charge is -2.30. The van der Waals surface area contributed by atoms with Crippen molar-refractivity contribution in [3.63, 3.8) is 0 Å². The van der Waals surface area contributed by atoms with Crippen molar-refractivity contribution >= 4 is 34.7 Å². The van der Waals surface area contributed by atoms with E-state index in [1.165, 1.54) is 11.3 Å². The Kier molecular flexibility index (Phi) is 3.35. The number of halogens is 1. The van der Waals surface area contributed by atoms with Gasteiger partial charge in [0, 0.05) is 12.4 Å². The number of nitrogens with zero attached hydrogens (tertiary/aromatic N) is 3. The number of carboxylic acid groups (broad SMARTS) is 1. The first-order valence-electron chi connectivity index (χ1n) is 6.14. The van der Waals surface area contributed by atoms with Crippen molar-refractivity contribution in [1.29, 1.82) is 0 Å². The van der Waals surface area contributed by atoms with E-state index in [1.807, 2.05) is 23.1 Å². The van der Waals surface area contributed by atoms with Gasteiger partial charge in [-0.1, -0.05) is 17.7 Å². The Morgan fingerprint density at radius 2 is 2.25 bits per heavy atom. The third kappa shape index (κ3) is 2.36. The van der Waals surface area contributed by atoms with Gasteiger partial charge in [0.15, 0.2) is 4.47 Å². The molecule has 0 radical (unpaired) electrons. The fourth-order valence-corrected chi connectivity index (χ4v) is 3.53. The number of pyridine rings is 1. The molecule has 2 aromatic rings. The summed E-state index contributed by atoms with van der Waals surface area (Å²) in [4.78, 5) is 22.4. The number of carbonyl (C=O) groups is 1. The standard InChI is InChI=1S/C13H12ClN3O2S/c14-12-16-7-9(20-12)13(4-5-13)17(8-11(18)19)10-3-1-2-6-15-10/h1-3,6-7H,4-5,8H2,(H,18,19). The predicted molar refractivity (Wildman–Crippen MR) is 77.3 cm³/mol. The lowest BCUT2D eigenvalue weighted by atomic mass is 10.2. The van der Waals surface area contributed by atoms with Crippen LogP contribution in [0.4, 0.5) is 5.82 Å². The third-order valence-corrected chi connectivity index (χ3v) is 4.70. The number of hydrogen-bond acceptors (Lipinski definition) is 5. The van der Waals surface area contributed by atoms with Crippen LogP contribution in [0.1, 0.15) is 17.7 Å². The minimum absolute atomic E-state index is 0.0907. The topological polar surface area (TPSA) is 66.3 Å². The van der Waals surface area contributed by atoms with Crippen LogP contribution in [0.25, 0.3) is 0 Å². The molecule has 5 nitrogen and oxygen atoms in total. The summed E-state index contributed by atoms with van der Waals surface area (Å²) >= 11 is 7.31. The van der Waals surface area contributed by atoms with Gasteiger partial charge in [-0.2, -0.15) is 0 Å². The third-order valence-electron chi connectivity index (χ3n) is 3.40. The van der Waals surface area contributed by atoms with E-state index < -0.39 is 5.97 Å². The van der Waals surface area contributed by atoms with Gasteiger partial charge in [-0.05, 0) is 25.0 Å². The number of aromatic nitrogens is 2. The van der Waals surface area contributed by atoms with Crippen molar-refractivity contribution in [2.75, 3.05) is 11.4 Å². The van der Waals surface area contributed by atoms with Crippen LogP contribution < -0.4 is 4.90 Å². The van der Waals surface area contributed by atoms with Crippen LogP contribution in [0.15, 0.2) is 30.6 Å². The van der Waals surface area contributed by atoms with Gasteiger partial charge in [-0.15, -0.1) is 11.3 Å². The summed E-state index contributed by atoms with van der Waals surface area (Å²) < 4.78 is 0.475. The Morgan fingerprint density at radius 3 is 2.75 bits per heavy atom. The van der Waals surface area contributed by atoms with Crippen LogP contribution in [0.5, 0.6) is 0 Å². The summed E-state index contributed by atoms with van der Waals surface area (Å²) in [5, 5.41) is 9.18. The molecule has 0 bridgehead atoms. The van der Waals surface area contributed by atoms with Gasteiger partial charge in [-0.3, -0.25) is 4.79 Å². The maximum absolute atomic E-state index is 11.2. The molecule has 1 fully saturated rings. The summed E-state index contributed by atoms with van der Waals surface area (Å²) in [6.45, 7) is -0.0907. The van der Waals surface area contributed by atoms with E-state index in [4.69, 9.17) is 11.6 Å². The highest BCUT2D eigenvalue weighted by Crippen LogP contribution is 2.54. The lowest BCUT2D eigenvalue weighted by Crippen LogP contribution is -2.39. The number of aliphatic carboxylic acids is 1. The summed E-state index contributed by atoms with van der Waals surface area (Å²) in [5.74, 6) is -0.213. The maximum atomic E-state index is 11.2. The zero-order chi connectivity index (χ0) is 14.2. The Labute approximate surface area is 124 Å². The number of rotatable bonds is 5. The molecule has 0 aromatic carbocycles. The van der Waals surface area contributed by atoms with Crippen molar-refractivity contribution < 1.29 is 9.90 Å². The second-order valence-electron chi connectivity index (χ2n) is 4.68. The van der Waals surface area contributed by atoms with Crippen LogP contribution in [0, 0.1) is 0 Å². The summed E-state index contributed by atoms with van der Waals surface area (Å²) in [5.41, 5.74) is -0.322. The quantitative estimate of drug-likeness (QED) is 0.920. The molecular weight excluding hydrogens is 298 g/mol. The minimum Gasteiger partial charge on any atom is -0.480 e. The molecule has 2 heterocycles. The summed E-state index contributed by atoms with van der Waals surface area (Å²) in [7, 11) is 0. The lowest BCUT2D eigenvalue weighted by molar-refractivity contribution is -0.135. The van der Waals surface area contributed by atoms with E-state index >= 15 is 0 Å². The maximum Gasteiger partial charge on any atom is 0.323 e. The molecular formula is C13H12ClN3O2S. The number of hydrogen-bond donors (Lipinski definition) is 1. The van der Waals surface area contributed by atoms with E-state index in [0.717, 1.165) is 17.7 Å². The van der Waals surface area contributed by atoms with Crippen molar-refractivity contribution in [3.8, 4) is 0 Å². The zero-order valence-electron chi connectivity index (χ0n) is 10.5. The average Bonchev–Trinajstić information content (AvgIpc) is 3.13. The number of anilines is 1.